The molecule has 0 fully saturated rings. The van der Waals surface area contributed by atoms with E-state index in [1.165, 1.54) is 0 Å². The summed E-state index contributed by atoms with van der Waals surface area (Å²) in [7, 11) is 0. The first-order chi connectivity index (χ1) is 10.0. The van der Waals surface area contributed by atoms with Crippen LogP contribution in [-0.4, -0.2) is 10.0 Å². The molecule has 0 spiro atoms. The van der Waals surface area contributed by atoms with Crippen LogP contribution in [0.25, 0.3) is 0 Å². The lowest BCUT2D eigenvalue weighted by Gasteiger charge is -2.09. The van der Waals surface area contributed by atoms with Crippen molar-refractivity contribution in [3.05, 3.63) is 69.3 Å². The molecule has 110 valence electrons. The largest absolute Gasteiger partial charge is 0.392 e. The third-order valence-electron chi connectivity index (χ3n) is 2.91. The fraction of sp³-hybridized carbons (Fsp3) is 0.143. The number of anilines is 1. The predicted octanol–water partition coefficient (Wildman–Crippen LogP) is 2.98. The second kappa shape index (κ2) is 6.27. The van der Waals surface area contributed by atoms with Crippen molar-refractivity contribution in [1.82, 2.24) is 0 Å². The van der Waals surface area contributed by atoms with Gasteiger partial charge in [-0.05, 0) is 17.7 Å². The highest BCUT2D eigenvalue weighted by Crippen LogP contribution is 2.22. The van der Waals surface area contributed by atoms with Crippen molar-refractivity contribution >= 4 is 11.4 Å². The van der Waals surface area contributed by atoms with E-state index in [1.807, 2.05) is 0 Å². The summed E-state index contributed by atoms with van der Waals surface area (Å²) < 4.78 is 26.8. The number of nitro groups is 1. The summed E-state index contributed by atoms with van der Waals surface area (Å²) in [5, 5.41) is 22.5. The Kier molecular flexibility index (Phi) is 4.44. The molecule has 0 heterocycles. The molecule has 0 atom stereocenters. The summed E-state index contributed by atoms with van der Waals surface area (Å²) >= 11 is 0. The lowest BCUT2D eigenvalue weighted by molar-refractivity contribution is -0.387. The quantitative estimate of drug-likeness (QED) is 0.656. The van der Waals surface area contributed by atoms with Crippen LogP contribution in [0.4, 0.5) is 20.2 Å². The Labute approximate surface area is 119 Å². The maximum Gasteiger partial charge on any atom is 0.305 e. The van der Waals surface area contributed by atoms with Gasteiger partial charge >= 0.3 is 5.69 Å². The summed E-state index contributed by atoms with van der Waals surface area (Å²) in [4.78, 5) is 9.74. The molecule has 0 aliphatic heterocycles. The number of aliphatic hydroxyl groups is 1. The van der Waals surface area contributed by atoms with Crippen LogP contribution < -0.4 is 5.32 Å². The molecule has 0 radical (unpaired) electrons. The lowest BCUT2D eigenvalue weighted by atomic mass is 10.1. The van der Waals surface area contributed by atoms with Crippen molar-refractivity contribution in [3.8, 4) is 0 Å². The second-order valence-corrected chi connectivity index (χ2v) is 4.36. The van der Waals surface area contributed by atoms with Gasteiger partial charge in [0, 0.05) is 29.9 Å². The van der Waals surface area contributed by atoms with E-state index in [-0.39, 0.29) is 18.7 Å². The smallest absolute Gasteiger partial charge is 0.305 e. The first-order valence-electron chi connectivity index (χ1n) is 6.07. The van der Waals surface area contributed by atoms with E-state index in [2.05, 4.69) is 5.32 Å². The van der Waals surface area contributed by atoms with Gasteiger partial charge in [-0.2, -0.15) is 4.39 Å². The summed E-state index contributed by atoms with van der Waals surface area (Å²) in [6.45, 7) is -0.173. The molecule has 0 amide bonds. The number of hydrogen-bond acceptors (Lipinski definition) is 4. The van der Waals surface area contributed by atoms with Crippen molar-refractivity contribution in [2.45, 2.75) is 13.2 Å². The lowest BCUT2D eigenvalue weighted by Crippen LogP contribution is -2.04. The Morgan fingerprint density at radius 2 is 1.95 bits per heavy atom. The van der Waals surface area contributed by atoms with Gasteiger partial charge in [0.25, 0.3) is 0 Å². The molecule has 2 N–H and O–H groups in total. The Morgan fingerprint density at radius 1 is 1.19 bits per heavy atom. The Balaban J connectivity index is 2.19. The zero-order chi connectivity index (χ0) is 15.4. The molecule has 0 bridgehead atoms. The van der Waals surface area contributed by atoms with Crippen LogP contribution in [0.2, 0.25) is 0 Å². The number of nitrogens with one attached hydrogen (secondary N) is 1. The van der Waals surface area contributed by atoms with E-state index in [0.717, 1.165) is 6.07 Å². The molecular weight excluding hydrogens is 282 g/mol. The van der Waals surface area contributed by atoms with E-state index < -0.39 is 22.2 Å². The third kappa shape index (κ3) is 3.51. The minimum Gasteiger partial charge on any atom is -0.392 e. The number of aliphatic hydroxyl groups excluding tert-OH is 1. The van der Waals surface area contributed by atoms with E-state index >= 15 is 0 Å². The number of nitro benzene ring substituents is 1. The summed E-state index contributed by atoms with van der Waals surface area (Å²) in [6, 6.07) is 8.16. The number of benzene rings is 2. The maximum atomic E-state index is 13.6. The summed E-state index contributed by atoms with van der Waals surface area (Å²) in [5.41, 5.74) is 0.508. The van der Waals surface area contributed by atoms with E-state index in [0.29, 0.717) is 17.3 Å². The normalized spacial score (nSPS) is 10.4. The van der Waals surface area contributed by atoms with E-state index in [9.17, 15) is 18.9 Å². The first-order valence-corrected chi connectivity index (χ1v) is 6.07. The standard InChI is InChI=1S/C14H12F2N2O3/c15-12-6-13(16)14(18(20)21)5-10(12)7-17-11-3-1-2-9(4-11)8-19/h1-6,17,19H,7-8H2. The van der Waals surface area contributed by atoms with Crippen molar-refractivity contribution in [2.75, 3.05) is 5.32 Å². The van der Waals surface area contributed by atoms with Gasteiger partial charge in [-0.15, -0.1) is 0 Å². The predicted molar refractivity (Wildman–Crippen MR) is 72.7 cm³/mol. The van der Waals surface area contributed by atoms with Gasteiger partial charge in [-0.1, -0.05) is 12.1 Å². The molecule has 0 unspecified atom stereocenters. The zero-order valence-corrected chi connectivity index (χ0v) is 10.8. The average Bonchev–Trinajstić information content (AvgIpc) is 2.46. The highest BCUT2D eigenvalue weighted by Gasteiger charge is 2.18. The van der Waals surface area contributed by atoms with Crippen molar-refractivity contribution in [2.24, 2.45) is 0 Å². The summed E-state index contributed by atoms with van der Waals surface area (Å²) in [5.74, 6) is -2.06. The van der Waals surface area contributed by atoms with Crippen LogP contribution in [0.1, 0.15) is 11.1 Å². The molecular formula is C14H12F2N2O3. The topological polar surface area (TPSA) is 75.4 Å². The molecule has 2 rings (SSSR count). The van der Waals surface area contributed by atoms with Crippen LogP contribution in [0, 0.1) is 21.7 Å². The van der Waals surface area contributed by atoms with Gasteiger partial charge in [0.2, 0.25) is 5.82 Å². The fourth-order valence-corrected chi connectivity index (χ4v) is 1.83. The van der Waals surface area contributed by atoms with Crippen LogP contribution in [0.5, 0.6) is 0 Å². The molecule has 2 aromatic rings. The van der Waals surface area contributed by atoms with Crippen LogP contribution in [0.3, 0.4) is 0 Å². The molecule has 0 aromatic heterocycles. The first kappa shape index (κ1) is 14.9. The Morgan fingerprint density at radius 3 is 2.62 bits per heavy atom. The monoisotopic (exact) mass is 294 g/mol. The molecule has 21 heavy (non-hydrogen) atoms. The minimum atomic E-state index is -1.21. The van der Waals surface area contributed by atoms with Crippen LogP contribution in [-0.2, 0) is 13.2 Å². The van der Waals surface area contributed by atoms with Gasteiger partial charge in [0.05, 0.1) is 11.5 Å². The highest BCUT2D eigenvalue weighted by atomic mass is 19.1. The minimum absolute atomic E-state index is 0.0162. The second-order valence-electron chi connectivity index (χ2n) is 4.36. The Hall–Kier alpha value is -2.54. The van der Waals surface area contributed by atoms with E-state index in [4.69, 9.17) is 5.11 Å². The Bertz CT molecular complexity index is 677. The SMILES string of the molecule is O=[N+]([O-])c1cc(CNc2cccc(CO)c2)c(F)cc1F. The molecule has 7 heteroatoms. The number of hydrogen-bond donors (Lipinski definition) is 2. The molecule has 0 saturated carbocycles. The van der Waals surface area contributed by atoms with Crippen LogP contribution in [0.15, 0.2) is 36.4 Å². The molecule has 0 aliphatic rings. The van der Waals surface area contributed by atoms with Gasteiger partial charge in [-0.25, -0.2) is 4.39 Å². The van der Waals surface area contributed by atoms with Crippen molar-refractivity contribution < 1.29 is 18.8 Å². The highest BCUT2D eigenvalue weighted by molar-refractivity contribution is 5.47. The number of nitrogens with zero attached hydrogens (tertiary/aromatic N) is 1. The summed E-state index contributed by atoms with van der Waals surface area (Å²) in [6.07, 6.45) is 0. The molecule has 2 aromatic carbocycles. The number of halogens is 2. The van der Waals surface area contributed by atoms with Gasteiger partial charge in [0.15, 0.2) is 0 Å². The number of rotatable bonds is 5. The maximum absolute atomic E-state index is 13.6. The molecule has 0 saturated heterocycles. The molecule has 0 aliphatic carbocycles. The average molecular weight is 294 g/mol. The fourth-order valence-electron chi connectivity index (χ4n) is 1.83. The van der Waals surface area contributed by atoms with Gasteiger partial charge in [0.1, 0.15) is 5.82 Å². The van der Waals surface area contributed by atoms with Crippen molar-refractivity contribution in [1.29, 1.82) is 0 Å². The zero-order valence-electron chi connectivity index (χ0n) is 10.8. The third-order valence-corrected chi connectivity index (χ3v) is 2.91. The molecule has 5 nitrogen and oxygen atoms in total. The van der Waals surface area contributed by atoms with E-state index in [1.54, 1.807) is 24.3 Å². The van der Waals surface area contributed by atoms with Crippen LogP contribution >= 0.6 is 0 Å². The van der Waals surface area contributed by atoms with Crippen molar-refractivity contribution in [3.63, 3.8) is 0 Å². The van der Waals surface area contributed by atoms with Gasteiger partial charge in [-0.3, -0.25) is 10.1 Å². The van der Waals surface area contributed by atoms with Gasteiger partial charge < -0.3 is 10.4 Å².